The minimum atomic E-state index is -3.14. The minimum absolute atomic E-state index is 0.0150. The number of aromatic nitrogens is 1. The van der Waals surface area contributed by atoms with Crippen LogP contribution in [0.1, 0.15) is 38.3 Å². The average Bonchev–Trinajstić information content (AvgIpc) is 3.34. The number of ether oxygens (including phenoxy) is 1. The lowest BCUT2D eigenvalue weighted by Crippen LogP contribution is -2.42. The van der Waals surface area contributed by atoms with Crippen molar-refractivity contribution in [2.75, 3.05) is 20.2 Å². The van der Waals surface area contributed by atoms with Gasteiger partial charge < -0.3 is 4.74 Å². The second kappa shape index (κ2) is 7.37. The smallest absolute Gasteiger partial charge is 0.214 e. The highest BCUT2D eigenvalue weighted by atomic mass is 32.2. The molecule has 1 aromatic heterocycles. The molecule has 1 saturated heterocycles. The summed E-state index contributed by atoms with van der Waals surface area (Å²) in [6.45, 7) is 4.53. The topological polar surface area (TPSA) is 71.5 Å². The maximum absolute atomic E-state index is 12.3. The molecule has 134 valence electrons. The van der Waals surface area contributed by atoms with E-state index >= 15 is 0 Å². The number of methoxy groups -OCH3 is 1. The molecule has 3 rings (SSSR count). The van der Waals surface area contributed by atoms with Crippen molar-refractivity contribution in [2.24, 2.45) is 5.92 Å². The summed E-state index contributed by atoms with van der Waals surface area (Å²) in [6.07, 6.45) is 5.47. The van der Waals surface area contributed by atoms with Crippen LogP contribution in [-0.4, -0.2) is 49.8 Å². The summed E-state index contributed by atoms with van der Waals surface area (Å²) in [5.74, 6) is 1.17. The monoisotopic (exact) mass is 353 g/mol. The molecule has 0 unspecified atom stereocenters. The molecule has 1 saturated carbocycles. The lowest BCUT2D eigenvalue weighted by Gasteiger charge is -2.19. The number of rotatable bonds is 8. The molecular formula is C17H27N3O3S. The average molecular weight is 353 g/mol. The molecule has 2 atom stereocenters. The minimum Gasteiger partial charge on any atom is -0.497 e. The second-order valence-corrected chi connectivity index (χ2v) is 8.89. The Kier molecular flexibility index (Phi) is 5.42. The first-order valence-electron chi connectivity index (χ1n) is 8.74. The zero-order valence-corrected chi connectivity index (χ0v) is 15.3. The number of hydrogen-bond donors (Lipinski definition) is 1. The van der Waals surface area contributed by atoms with Crippen molar-refractivity contribution in [2.45, 2.75) is 50.4 Å². The van der Waals surface area contributed by atoms with Crippen molar-refractivity contribution in [3.63, 3.8) is 0 Å². The van der Waals surface area contributed by atoms with E-state index in [1.54, 1.807) is 13.3 Å². The Hall–Kier alpha value is -1.18. The van der Waals surface area contributed by atoms with Crippen molar-refractivity contribution in [1.82, 2.24) is 14.6 Å². The number of likely N-dealkylation sites (tertiary alicyclic amines) is 1. The quantitative estimate of drug-likeness (QED) is 0.771. The van der Waals surface area contributed by atoms with Crippen molar-refractivity contribution in [3.8, 4) is 5.75 Å². The summed E-state index contributed by atoms with van der Waals surface area (Å²) in [5.41, 5.74) is 0.954. The summed E-state index contributed by atoms with van der Waals surface area (Å²) >= 11 is 0. The van der Waals surface area contributed by atoms with E-state index in [1.807, 2.05) is 12.1 Å². The van der Waals surface area contributed by atoms with Gasteiger partial charge in [-0.3, -0.25) is 9.88 Å². The van der Waals surface area contributed by atoms with Crippen LogP contribution in [0.5, 0.6) is 5.75 Å². The van der Waals surface area contributed by atoms with Gasteiger partial charge in [-0.05, 0) is 31.2 Å². The molecule has 2 heterocycles. The number of nitrogens with zero attached hydrogens (tertiary/aromatic N) is 2. The standard InChI is InChI=1S/C17H27N3O3S/c1-3-4-13-10-20(11-14-9-15(23-2)7-8-18-14)12-17(13)19-24(21,22)16-5-6-16/h7-9,13,16-17,19H,3-6,10-12H2,1-2H3/t13-,17-/m1/s1. The Labute approximate surface area is 144 Å². The van der Waals surface area contributed by atoms with Gasteiger partial charge in [-0.1, -0.05) is 13.3 Å². The SMILES string of the molecule is CCC[C@@H]1CN(Cc2cc(OC)ccn2)C[C@H]1NS(=O)(=O)C1CC1. The molecule has 0 bridgehead atoms. The first-order chi connectivity index (χ1) is 11.5. The summed E-state index contributed by atoms with van der Waals surface area (Å²) in [5, 5.41) is -0.158. The molecular weight excluding hydrogens is 326 g/mol. The van der Waals surface area contributed by atoms with Crippen LogP contribution < -0.4 is 9.46 Å². The summed E-state index contributed by atoms with van der Waals surface area (Å²) < 4.78 is 32.8. The highest BCUT2D eigenvalue weighted by Crippen LogP contribution is 2.30. The molecule has 1 aromatic rings. The van der Waals surface area contributed by atoms with Gasteiger partial charge in [0.15, 0.2) is 0 Å². The van der Waals surface area contributed by atoms with Gasteiger partial charge in [-0.15, -0.1) is 0 Å². The van der Waals surface area contributed by atoms with Crippen molar-refractivity contribution >= 4 is 10.0 Å². The van der Waals surface area contributed by atoms with Crippen LogP contribution in [0.25, 0.3) is 0 Å². The van der Waals surface area contributed by atoms with E-state index in [-0.39, 0.29) is 11.3 Å². The van der Waals surface area contributed by atoms with E-state index in [1.165, 1.54) is 0 Å². The summed E-state index contributed by atoms with van der Waals surface area (Å²) in [6, 6.07) is 3.79. The van der Waals surface area contributed by atoms with Crippen LogP contribution in [0.15, 0.2) is 18.3 Å². The maximum atomic E-state index is 12.3. The third kappa shape index (κ3) is 4.26. The van der Waals surface area contributed by atoms with E-state index in [4.69, 9.17) is 4.74 Å². The molecule has 2 fully saturated rings. The first-order valence-corrected chi connectivity index (χ1v) is 10.3. The van der Waals surface area contributed by atoms with Gasteiger partial charge >= 0.3 is 0 Å². The van der Waals surface area contributed by atoms with Crippen LogP contribution in [0, 0.1) is 5.92 Å². The molecule has 7 heteroatoms. The summed E-state index contributed by atoms with van der Waals surface area (Å²) in [4.78, 5) is 6.69. The third-order valence-electron chi connectivity index (χ3n) is 4.86. The first kappa shape index (κ1) is 17.6. The van der Waals surface area contributed by atoms with E-state index < -0.39 is 10.0 Å². The Bertz CT molecular complexity index is 661. The van der Waals surface area contributed by atoms with Gasteiger partial charge in [0.25, 0.3) is 0 Å². The molecule has 2 aliphatic rings. The lowest BCUT2D eigenvalue weighted by atomic mass is 9.99. The van der Waals surface area contributed by atoms with E-state index in [9.17, 15) is 8.42 Å². The number of pyridine rings is 1. The van der Waals surface area contributed by atoms with Crippen LogP contribution in [-0.2, 0) is 16.6 Å². The zero-order chi connectivity index (χ0) is 17.2. The third-order valence-corrected chi connectivity index (χ3v) is 6.84. The molecule has 24 heavy (non-hydrogen) atoms. The molecule has 1 aliphatic carbocycles. The van der Waals surface area contributed by atoms with E-state index in [0.29, 0.717) is 5.92 Å². The Balaban J connectivity index is 1.65. The van der Waals surface area contributed by atoms with E-state index in [2.05, 4.69) is 21.5 Å². The number of hydrogen-bond acceptors (Lipinski definition) is 5. The number of nitrogens with one attached hydrogen (secondary N) is 1. The maximum Gasteiger partial charge on any atom is 0.214 e. The van der Waals surface area contributed by atoms with Gasteiger partial charge in [0.2, 0.25) is 10.0 Å². The molecule has 0 amide bonds. The van der Waals surface area contributed by atoms with Crippen molar-refractivity contribution in [1.29, 1.82) is 0 Å². The fourth-order valence-corrected chi connectivity index (χ4v) is 5.11. The number of sulfonamides is 1. The largest absolute Gasteiger partial charge is 0.497 e. The zero-order valence-electron chi connectivity index (χ0n) is 14.4. The fourth-order valence-electron chi connectivity index (χ4n) is 3.47. The highest BCUT2D eigenvalue weighted by molar-refractivity contribution is 7.90. The fraction of sp³-hybridized carbons (Fsp3) is 0.706. The molecule has 1 N–H and O–H groups in total. The van der Waals surface area contributed by atoms with Crippen LogP contribution in [0.4, 0.5) is 0 Å². The second-order valence-electron chi connectivity index (χ2n) is 6.90. The van der Waals surface area contributed by atoms with Crippen LogP contribution >= 0.6 is 0 Å². The Morgan fingerprint density at radius 1 is 1.38 bits per heavy atom. The van der Waals surface area contributed by atoms with Crippen LogP contribution in [0.2, 0.25) is 0 Å². The molecule has 6 nitrogen and oxygen atoms in total. The van der Waals surface area contributed by atoms with Gasteiger partial charge in [-0.2, -0.15) is 0 Å². The Morgan fingerprint density at radius 2 is 2.17 bits per heavy atom. The van der Waals surface area contributed by atoms with Crippen LogP contribution in [0.3, 0.4) is 0 Å². The molecule has 0 spiro atoms. The van der Waals surface area contributed by atoms with E-state index in [0.717, 1.165) is 56.8 Å². The van der Waals surface area contributed by atoms with Gasteiger partial charge in [-0.25, -0.2) is 13.1 Å². The molecule has 0 radical (unpaired) electrons. The lowest BCUT2D eigenvalue weighted by molar-refractivity contribution is 0.307. The normalized spacial score (nSPS) is 25.1. The predicted molar refractivity (Wildman–Crippen MR) is 93.3 cm³/mol. The van der Waals surface area contributed by atoms with Crippen molar-refractivity contribution in [3.05, 3.63) is 24.0 Å². The summed E-state index contributed by atoms with van der Waals surface area (Å²) in [7, 11) is -1.49. The van der Waals surface area contributed by atoms with Gasteiger partial charge in [0, 0.05) is 37.9 Å². The molecule has 1 aliphatic heterocycles. The van der Waals surface area contributed by atoms with Gasteiger partial charge in [0.05, 0.1) is 18.1 Å². The Morgan fingerprint density at radius 3 is 2.83 bits per heavy atom. The van der Waals surface area contributed by atoms with Gasteiger partial charge in [0.1, 0.15) is 5.75 Å². The predicted octanol–water partition coefficient (Wildman–Crippen LogP) is 1.77. The molecule has 0 aromatic carbocycles. The van der Waals surface area contributed by atoms with Crippen molar-refractivity contribution < 1.29 is 13.2 Å². The highest BCUT2D eigenvalue weighted by Gasteiger charge is 2.41.